The Morgan fingerprint density at radius 2 is 1.88 bits per heavy atom. The molecule has 0 aliphatic heterocycles. The first-order valence-electron chi connectivity index (χ1n) is 9.64. The Labute approximate surface area is 191 Å². The molecule has 0 saturated heterocycles. The molecule has 164 valence electrons. The van der Waals surface area contributed by atoms with Crippen molar-refractivity contribution in [1.29, 1.82) is 0 Å². The molecular formula is C23H22ClN5O3. The van der Waals surface area contributed by atoms with E-state index in [1.807, 2.05) is 42.5 Å². The van der Waals surface area contributed by atoms with Gasteiger partial charge in [0.1, 0.15) is 22.7 Å². The predicted octanol–water partition coefficient (Wildman–Crippen LogP) is 4.25. The van der Waals surface area contributed by atoms with E-state index < -0.39 is 0 Å². The quantitative estimate of drug-likeness (QED) is 0.450. The van der Waals surface area contributed by atoms with Crippen LogP contribution in [0.2, 0.25) is 0 Å². The zero-order valence-corrected chi connectivity index (χ0v) is 18.3. The van der Waals surface area contributed by atoms with Gasteiger partial charge in [-0.3, -0.25) is 9.78 Å². The SMILES string of the molecule is COc1nc(-c2ccc(CN)nc2)ccc1NC(=O)c1c(-c2ccccc2)noc1C.Cl. The fourth-order valence-corrected chi connectivity index (χ4v) is 3.17. The van der Waals surface area contributed by atoms with Crippen LogP contribution in [0.1, 0.15) is 21.8 Å². The van der Waals surface area contributed by atoms with Gasteiger partial charge < -0.3 is 20.3 Å². The van der Waals surface area contributed by atoms with Gasteiger partial charge in [0.15, 0.2) is 0 Å². The van der Waals surface area contributed by atoms with Crippen molar-refractivity contribution in [3.05, 3.63) is 77.8 Å². The van der Waals surface area contributed by atoms with Crippen molar-refractivity contribution >= 4 is 24.0 Å². The summed E-state index contributed by atoms with van der Waals surface area (Å²) in [7, 11) is 1.50. The number of hydrogen-bond acceptors (Lipinski definition) is 7. The highest BCUT2D eigenvalue weighted by Gasteiger charge is 2.23. The molecule has 0 saturated carbocycles. The number of anilines is 1. The molecule has 0 bridgehead atoms. The molecule has 0 unspecified atom stereocenters. The smallest absolute Gasteiger partial charge is 0.261 e. The molecule has 0 radical (unpaired) electrons. The van der Waals surface area contributed by atoms with Crippen molar-refractivity contribution < 1.29 is 14.1 Å². The van der Waals surface area contributed by atoms with Crippen LogP contribution in [-0.2, 0) is 6.54 Å². The van der Waals surface area contributed by atoms with Crippen molar-refractivity contribution in [3.8, 4) is 28.4 Å². The Morgan fingerprint density at radius 1 is 1.09 bits per heavy atom. The monoisotopic (exact) mass is 451 g/mol. The first kappa shape index (κ1) is 22.9. The van der Waals surface area contributed by atoms with Crippen LogP contribution in [0.3, 0.4) is 0 Å². The minimum atomic E-state index is -0.362. The van der Waals surface area contributed by atoms with E-state index in [0.29, 0.717) is 34.9 Å². The van der Waals surface area contributed by atoms with Gasteiger partial charge in [0.2, 0.25) is 5.88 Å². The zero-order chi connectivity index (χ0) is 21.8. The summed E-state index contributed by atoms with van der Waals surface area (Å²) in [6, 6.07) is 16.7. The third-order valence-corrected chi connectivity index (χ3v) is 4.77. The average molecular weight is 452 g/mol. The van der Waals surface area contributed by atoms with Gasteiger partial charge in [-0.25, -0.2) is 4.98 Å². The van der Waals surface area contributed by atoms with Gasteiger partial charge in [-0.1, -0.05) is 35.5 Å². The number of nitrogens with one attached hydrogen (secondary N) is 1. The van der Waals surface area contributed by atoms with Crippen LogP contribution < -0.4 is 15.8 Å². The Morgan fingerprint density at radius 3 is 2.53 bits per heavy atom. The number of amides is 1. The second kappa shape index (κ2) is 10.0. The van der Waals surface area contributed by atoms with Crippen molar-refractivity contribution in [3.63, 3.8) is 0 Å². The number of nitrogens with two attached hydrogens (primary N) is 1. The molecule has 0 fully saturated rings. The second-order valence-electron chi connectivity index (χ2n) is 6.78. The van der Waals surface area contributed by atoms with E-state index in [4.69, 9.17) is 15.0 Å². The number of hydrogen-bond donors (Lipinski definition) is 2. The molecule has 0 aliphatic rings. The fraction of sp³-hybridized carbons (Fsp3) is 0.130. The highest BCUT2D eigenvalue weighted by Crippen LogP contribution is 2.30. The summed E-state index contributed by atoms with van der Waals surface area (Å²) in [5, 5.41) is 6.91. The maximum Gasteiger partial charge on any atom is 0.261 e. The van der Waals surface area contributed by atoms with E-state index >= 15 is 0 Å². The summed E-state index contributed by atoms with van der Waals surface area (Å²) >= 11 is 0. The minimum Gasteiger partial charge on any atom is -0.479 e. The van der Waals surface area contributed by atoms with Crippen LogP contribution in [0, 0.1) is 6.92 Å². The minimum absolute atomic E-state index is 0. The lowest BCUT2D eigenvalue weighted by molar-refractivity contribution is 0.102. The number of pyridine rings is 2. The van der Waals surface area contributed by atoms with Gasteiger partial charge in [0, 0.05) is 23.9 Å². The van der Waals surface area contributed by atoms with Gasteiger partial charge in [-0.15, -0.1) is 12.4 Å². The molecule has 4 aromatic rings. The standard InChI is InChI=1S/C23H21N5O3.ClH/c1-14-20(21(28-31-14)15-6-4-3-5-7-15)22(29)26-19-11-10-18(27-23(19)30-2)16-8-9-17(12-24)25-13-16;/h3-11,13H,12,24H2,1-2H3,(H,26,29);1H. The third kappa shape index (κ3) is 4.61. The van der Waals surface area contributed by atoms with Gasteiger partial charge in [0.25, 0.3) is 5.91 Å². The van der Waals surface area contributed by atoms with E-state index in [-0.39, 0.29) is 24.2 Å². The number of aryl methyl sites for hydroxylation is 1. The molecule has 8 nitrogen and oxygen atoms in total. The number of benzene rings is 1. The number of methoxy groups -OCH3 is 1. The molecular weight excluding hydrogens is 430 g/mol. The van der Waals surface area contributed by atoms with Gasteiger partial charge in [-0.05, 0) is 31.2 Å². The number of aromatic nitrogens is 3. The van der Waals surface area contributed by atoms with Crippen LogP contribution in [-0.4, -0.2) is 28.1 Å². The topological polar surface area (TPSA) is 116 Å². The van der Waals surface area contributed by atoms with Crippen molar-refractivity contribution in [2.45, 2.75) is 13.5 Å². The number of rotatable bonds is 6. The maximum atomic E-state index is 13.1. The summed E-state index contributed by atoms with van der Waals surface area (Å²) in [4.78, 5) is 21.9. The van der Waals surface area contributed by atoms with Crippen molar-refractivity contribution in [1.82, 2.24) is 15.1 Å². The highest BCUT2D eigenvalue weighted by atomic mass is 35.5. The largest absolute Gasteiger partial charge is 0.479 e. The van der Waals surface area contributed by atoms with Gasteiger partial charge in [0.05, 0.1) is 18.5 Å². The lowest BCUT2D eigenvalue weighted by Crippen LogP contribution is -2.14. The summed E-state index contributed by atoms with van der Waals surface area (Å²) < 4.78 is 10.7. The molecule has 3 aromatic heterocycles. The molecule has 32 heavy (non-hydrogen) atoms. The number of nitrogens with zero attached hydrogens (tertiary/aromatic N) is 3. The summed E-state index contributed by atoms with van der Waals surface area (Å²) in [6.45, 7) is 2.07. The first-order valence-corrected chi connectivity index (χ1v) is 9.64. The molecule has 9 heteroatoms. The first-order chi connectivity index (χ1) is 15.1. The molecule has 0 atom stereocenters. The summed E-state index contributed by atoms with van der Waals surface area (Å²) in [6.07, 6.45) is 1.70. The Balaban J connectivity index is 0.00000289. The predicted molar refractivity (Wildman–Crippen MR) is 124 cm³/mol. The second-order valence-corrected chi connectivity index (χ2v) is 6.78. The molecule has 1 aromatic carbocycles. The van der Waals surface area contributed by atoms with E-state index in [9.17, 15) is 4.79 Å². The van der Waals surface area contributed by atoms with E-state index in [2.05, 4.69) is 20.4 Å². The lowest BCUT2D eigenvalue weighted by Gasteiger charge is -2.11. The van der Waals surface area contributed by atoms with E-state index in [1.54, 1.807) is 25.3 Å². The number of ether oxygens (including phenoxy) is 1. The molecule has 4 rings (SSSR count). The Bertz CT molecular complexity index is 1210. The van der Waals surface area contributed by atoms with Crippen LogP contribution in [0.15, 0.2) is 65.3 Å². The van der Waals surface area contributed by atoms with Crippen LogP contribution in [0.25, 0.3) is 22.5 Å². The number of carbonyl (C=O) groups excluding carboxylic acids is 1. The average Bonchev–Trinajstić information content (AvgIpc) is 3.21. The molecule has 1 amide bonds. The van der Waals surface area contributed by atoms with E-state index in [0.717, 1.165) is 16.8 Å². The Kier molecular flexibility index (Phi) is 7.19. The molecule has 3 N–H and O–H groups in total. The molecule has 0 spiro atoms. The fourth-order valence-electron chi connectivity index (χ4n) is 3.17. The van der Waals surface area contributed by atoms with Crippen molar-refractivity contribution in [2.75, 3.05) is 12.4 Å². The normalized spacial score (nSPS) is 10.3. The summed E-state index contributed by atoms with van der Waals surface area (Å²) in [5.74, 6) is 0.342. The highest BCUT2D eigenvalue weighted by molar-refractivity contribution is 6.09. The maximum absolute atomic E-state index is 13.1. The summed E-state index contributed by atoms with van der Waals surface area (Å²) in [5.41, 5.74) is 9.93. The lowest BCUT2D eigenvalue weighted by atomic mass is 10.1. The Hall–Kier alpha value is -3.75. The zero-order valence-electron chi connectivity index (χ0n) is 17.5. The number of halogens is 1. The van der Waals surface area contributed by atoms with Crippen LogP contribution in [0.5, 0.6) is 5.88 Å². The number of carbonyl (C=O) groups is 1. The van der Waals surface area contributed by atoms with Crippen LogP contribution >= 0.6 is 12.4 Å². The van der Waals surface area contributed by atoms with Gasteiger partial charge in [-0.2, -0.15) is 0 Å². The van der Waals surface area contributed by atoms with Gasteiger partial charge >= 0.3 is 0 Å². The molecule has 3 heterocycles. The third-order valence-electron chi connectivity index (χ3n) is 4.77. The van der Waals surface area contributed by atoms with Crippen LogP contribution in [0.4, 0.5) is 5.69 Å². The molecule has 0 aliphatic carbocycles. The van der Waals surface area contributed by atoms with E-state index in [1.165, 1.54) is 7.11 Å². The van der Waals surface area contributed by atoms with Crippen molar-refractivity contribution in [2.24, 2.45) is 5.73 Å².